The Morgan fingerprint density at radius 2 is 1.22 bits per heavy atom. The van der Waals surface area contributed by atoms with Gasteiger partial charge in [0.15, 0.2) is 0 Å². The van der Waals surface area contributed by atoms with Crippen molar-refractivity contribution < 1.29 is 0 Å². The van der Waals surface area contributed by atoms with Gasteiger partial charge in [0.2, 0.25) is 0 Å². The van der Waals surface area contributed by atoms with Gasteiger partial charge >= 0.3 is 3.18 Å². The van der Waals surface area contributed by atoms with E-state index in [4.69, 9.17) is 0 Å². The predicted molar refractivity (Wildman–Crippen MR) is 57.7 cm³/mol. The molecule has 0 rings (SSSR count). The zero-order valence-electron chi connectivity index (χ0n) is 5.83. The summed E-state index contributed by atoms with van der Waals surface area (Å²) in [5.41, 5.74) is 0. The lowest BCUT2D eigenvalue weighted by Crippen LogP contribution is -1.60. The number of hydrogen-bond acceptors (Lipinski definition) is 0. The van der Waals surface area contributed by atoms with E-state index in [1.165, 1.54) is 19.3 Å². The van der Waals surface area contributed by atoms with Crippen LogP contribution < -0.4 is 0 Å². The summed E-state index contributed by atoms with van der Waals surface area (Å²) in [7, 11) is 0. The molecule has 56 valence electrons. The first-order chi connectivity index (χ1) is 4.15. The Balaban J connectivity index is 0. The molecule has 0 fully saturated rings. The molecule has 0 bridgehead atoms. The average molecular weight is 323 g/mol. The van der Waals surface area contributed by atoms with Gasteiger partial charge in [-0.3, -0.25) is 0 Å². The summed E-state index contributed by atoms with van der Waals surface area (Å²) in [6.07, 6.45) is 4.08. The molecule has 0 heterocycles. The molecule has 0 saturated carbocycles. The Morgan fingerprint density at radius 3 is 1.22 bits per heavy atom. The van der Waals surface area contributed by atoms with Crippen LogP contribution in [-0.2, 0) is 0 Å². The average Bonchev–Trinajstić information content (AvgIpc) is 1.66. The summed E-state index contributed by atoms with van der Waals surface area (Å²) in [5.74, 6) is 0. The van der Waals surface area contributed by atoms with Gasteiger partial charge in [-0.05, 0) is 0 Å². The maximum absolute atomic E-state index is 3.10. The minimum Gasteiger partial charge on any atom is -0.123 e. The summed E-state index contributed by atoms with van der Waals surface area (Å²) in [5, 5.41) is 0. The fraction of sp³-hybridized carbons (Fsp3) is 1.00. The highest BCUT2D eigenvalue weighted by Crippen LogP contribution is 2.07. The van der Waals surface area contributed by atoms with E-state index in [1.807, 2.05) is 0 Å². The quantitative estimate of drug-likeness (QED) is 0.663. The highest BCUT2D eigenvalue weighted by Gasteiger charge is 1.87. The van der Waals surface area contributed by atoms with E-state index in [2.05, 4.69) is 61.1 Å². The Bertz CT molecular complexity index is 36.4. The summed E-state index contributed by atoms with van der Waals surface area (Å²) >= 11 is 9.31. The standard InChI is InChI=1S/C5H12.BBr3/c1-3-5-4-2;2-1(3)4/h3-5H2,1-2H3;. The van der Waals surface area contributed by atoms with E-state index >= 15 is 0 Å². The molecule has 0 aliphatic carbocycles. The van der Waals surface area contributed by atoms with Crippen LogP contribution in [0.4, 0.5) is 0 Å². The number of unbranched alkanes of at least 4 members (excludes halogenated alkanes) is 2. The molecule has 0 saturated heterocycles. The third kappa shape index (κ3) is 43.6. The second-order valence-corrected chi connectivity index (χ2v) is 8.03. The molecular weight excluding hydrogens is 311 g/mol. The van der Waals surface area contributed by atoms with Gasteiger partial charge in [-0.15, -0.1) is 47.3 Å². The van der Waals surface area contributed by atoms with Crippen molar-refractivity contribution in [3.05, 3.63) is 0 Å². The van der Waals surface area contributed by atoms with Crippen molar-refractivity contribution >= 4 is 50.5 Å². The second kappa shape index (κ2) is 12.2. The molecule has 0 unspecified atom stereocenters. The normalized spacial score (nSPS) is 7.67. The van der Waals surface area contributed by atoms with Crippen molar-refractivity contribution in [1.82, 2.24) is 0 Å². The maximum atomic E-state index is 3.10. The maximum Gasteiger partial charge on any atom is 0.369 e. The van der Waals surface area contributed by atoms with E-state index in [1.54, 1.807) is 0 Å². The molecule has 4 heteroatoms. The fourth-order valence-electron chi connectivity index (χ4n) is 0.354. The van der Waals surface area contributed by atoms with Crippen molar-refractivity contribution in [2.75, 3.05) is 0 Å². The first-order valence-electron chi connectivity index (χ1n) is 3.07. The summed E-state index contributed by atoms with van der Waals surface area (Å²) in [6.45, 7) is 4.42. The molecule has 0 aliphatic rings. The van der Waals surface area contributed by atoms with Crippen LogP contribution in [0.25, 0.3) is 0 Å². The third-order valence-corrected chi connectivity index (χ3v) is 0.707. The lowest BCUT2D eigenvalue weighted by Gasteiger charge is -1.79. The molecule has 0 spiro atoms. The number of halogens is 3. The van der Waals surface area contributed by atoms with E-state index < -0.39 is 0 Å². The molecule has 0 atom stereocenters. The first-order valence-corrected chi connectivity index (χ1v) is 5.82. The van der Waals surface area contributed by atoms with Crippen molar-refractivity contribution in [1.29, 1.82) is 0 Å². The molecule has 9 heavy (non-hydrogen) atoms. The lowest BCUT2D eigenvalue weighted by molar-refractivity contribution is 0.772. The van der Waals surface area contributed by atoms with Gasteiger partial charge in [-0.2, -0.15) is 0 Å². The minimum atomic E-state index is 0.271. The van der Waals surface area contributed by atoms with Crippen molar-refractivity contribution in [3.63, 3.8) is 0 Å². The SMILES string of the molecule is BrB(Br)Br.CCCCC. The molecule has 0 radical (unpaired) electrons. The van der Waals surface area contributed by atoms with E-state index in [0.717, 1.165) is 0 Å². The summed E-state index contributed by atoms with van der Waals surface area (Å²) < 4.78 is 0.271. The highest BCUT2D eigenvalue weighted by molar-refractivity contribution is 9.69. The Kier molecular flexibility index (Phi) is 17.8. The molecule has 0 aromatic heterocycles. The largest absolute Gasteiger partial charge is 0.369 e. The van der Waals surface area contributed by atoms with Crippen LogP contribution in [0.3, 0.4) is 0 Å². The van der Waals surface area contributed by atoms with Crippen molar-refractivity contribution in [3.8, 4) is 0 Å². The van der Waals surface area contributed by atoms with Gasteiger partial charge < -0.3 is 0 Å². The van der Waals surface area contributed by atoms with Gasteiger partial charge in [0, 0.05) is 0 Å². The van der Waals surface area contributed by atoms with Crippen molar-refractivity contribution in [2.24, 2.45) is 0 Å². The van der Waals surface area contributed by atoms with Crippen LogP contribution in [0.15, 0.2) is 0 Å². The number of hydrogen-bond donors (Lipinski definition) is 0. The van der Waals surface area contributed by atoms with Gasteiger partial charge in [-0.1, -0.05) is 33.1 Å². The smallest absolute Gasteiger partial charge is 0.123 e. The summed E-state index contributed by atoms with van der Waals surface area (Å²) in [6, 6.07) is 0. The fourth-order valence-corrected chi connectivity index (χ4v) is 0.354. The van der Waals surface area contributed by atoms with Crippen LogP contribution in [-0.4, -0.2) is 3.18 Å². The van der Waals surface area contributed by atoms with E-state index in [-0.39, 0.29) is 3.18 Å². The van der Waals surface area contributed by atoms with Crippen LogP contribution in [0, 0.1) is 0 Å². The van der Waals surface area contributed by atoms with E-state index in [0.29, 0.717) is 0 Å². The van der Waals surface area contributed by atoms with Gasteiger partial charge in [0.05, 0.1) is 0 Å². The topological polar surface area (TPSA) is 0 Å². The second-order valence-electron chi connectivity index (χ2n) is 1.60. The third-order valence-electron chi connectivity index (χ3n) is 0.707. The number of rotatable bonds is 2. The zero-order valence-corrected chi connectivity index (χ0v) is 10.6. The molecule has 0 N–H and O–H groups in total. The molecule has 0 aromatic carbocycles. The van der Waals surface area contributed by atoms with Crippen LogP contribution >= 0.6 is 47.3 Å². The Morgan fingerprint density at radius 1 is 1.00 bits per heavy atom. The monoisotopic (exact) mass is 320 g/mol. The van der Waals surface area contributed by atoms with Crippen LogP contribution in [0.2, 0.25) is 0 Å². The molecule has 0 amide bonds. The highest BCUT2D eigenvalue weighted by atomic mass is 79.9. The Hall–Kier alpha value is 1.50. The Labute approximate surface area is 83.2 Å². The van der Waals surface area contributed by atoms with Crippen molar-refractivity contribution in [2.45, 2.75) is 33.1 Å². The van der Waals surface area contributed by atoms with E-state index in [9.17, 15) is 0 Å². The molecular formula is C5H12BBr3. The van der Waals surface area contributed by atoms with Gasteiger partial charge in [0.1, 0.15) is 0 Å². The predicted octanol–water partition coefficient (Wildman–Crippen LogP) is 4.35. The van der Waals surface area contributed by atoms with Gasteiger partial charge in [-0.25, -0.2) is 0 Å². The molecule has 0 aliphatic heterocycles. The zero-order chi connectivity index (χ0) is 7.70. The molecule has 0 aromatic rings. The van der Waals surface area contributed by atoms with Gasteiger partial charge in [0.25, 0.3) is 0 Å². The minimum absolute atomic E-state index is 0.271. The first kappa shape index (κ1) is 13.1. The lowest BCUT2D eigenvalue weighted by atomic mass is 10.3. The van der Waals surface area contributed by atoms with Crippen LogP contribution in [0.1, 0.15) is 33.1 Å². The molecule has 0 nitrogen and oxygen atoms in total. The van der Waals surface area contributed by atoms with Crippen LogP contribution in [0.5, 0.6) is 0 Å². The summed E-state index contributed by atoms with van der Waals surface area (Å²) in [4.78, 5) is 0.